The quantitative estimate of drug-likeness (QED) is 0.589. The van der Waals surface area contributed by atoms with Gasteiger partial charge in [-0.1, -0.05) is 0 Å². The number of likely N-dealkylation sites (tertiary alicyclic amines) is 1. The molecule has 8 nitrogen and oxygen atoms in total. The minimum absolute atomic E-state index is 0.592. The number of nitrogens with zero attached hydrogens (tertiary/aromatic N) is 3. The van der Waals surface area contributed by atoms with Crippen molar-refractivity contribution >= 4 is 6.34 Å². The van der Waals surface area contributed by atoms with Crippen LogP contribution in [0.4, 0.5) is 0 Å². The van der Waals surface area contributed by atoms with E-state index in [2.05, 4.69) is 25.5 Å². The number of methoxy groups -OCH3 is 1. The molecule has 1 fully saturated rings. The predicted octanol–water partition coefficient (Wildman–Crippen LogP) is 0.759. The molecule has 1 aromatic heterocycles. The van der Waals surface area contributed by atoms with Crippen LogP contribution in [0.2, 0.25) is 0 Å². The van der Waals surface area contributed by atoms with E-state index in [1.807, 2.05) is 7.05 Å². The Labute approximate surface area is 154 Å². The van der Waals surface area contributed by atoms with E-state index in [4.69, 9.17) is 15.2 Å². The van der Waals surface area contributed by atoms with Crippen molar-refractivity contribution in [2.45, 2.75) is 24.9 Å². The van der Waals surface area contributed by atoms with Crippen molar-refractivity contribution < 1.29 is 9.47 Å². The van der Waals surface area contributed by atoms with E-state index in [1.54, 1.807) is 31.8 Å². The summed E-state index contributed by atoms with van der Waals surface area (Å²) in [5.41, 5.74) is 5.97. The van der Waals surface area contributed by atoms with Crippen LogP contribution < -0.4 is 25.8 Å². The van der Waals surface area contributed by atoms with Gasteiger partial charge in [-0.05, 0) is 32.4 Å². The molecule has 142 valence electrons. The highest BCUT2D eigenvalue weighted by Crippen LogP contribution is 2.31. The van der Waals surface area contributed by atoms with E-state index < -0.39 is 5.66 Å². The van der Waals surface area contributed by atoms with Crippen LogP contribution in [0, 0.1) is 0 Å². The van der Waals surface area contributed by atoms with E-state index in [1.165, 1.54) is 25.9 Å². The number of aliphatic imine (C=N–C) groups is 1. The Bertz CT molecular complexity index is 672. The highest BCUT2D eigenvalue weighted by atomic mass is 16.5. The molecule has 2 aliphatic rings. The Morgan fingerprint density at radius 2 is 2.15 bits per heavy atom. The van der Waals surface area contributed by atoms with Crippen LogP contribution in [-0.4, -0.2) is 56.6 Å². The summed E-state index contributed by atoms with van der Waals surface area (Å²) in [4.78, 5) is 11.2. The summed E-state index contributed by atoms with van der Waals surface area (Å²) in [6.45, 7) is 4.08. The molecular weight excluding hydrogens is 332 g/mol. The fourth-order valence-electron chi connectivity index (χ4n) is 3.18. The molecule has 8 heteroatoms. The first-order valence-electron chi connectivity index (χ1n) is 9.04. The van der Waals surface area contributed by atoms with Crippen molar-refractivity contribution in [3.63, 3.8) is 0 Å². The zero-order chi connectivity index (χ0) is 18.4. The molecule has 0 bridgehead atoms. The van der Waals surface area contributed by atoms with Gasteiger partial charge >= 0.3 is 0 Å². The Balaban J connectivity index is 1.68. The lowest BCUT2D eigenvalue weighted by Crippen LogP contribution is -2.41. The number of nitrogens with two attached hydrogens (primary N) is 1. The van der Waals surface area contributed by atoms with Gasteiger partial charge in [-0.2, -0.15) is 0 Å². The van der Waals surface area contributed by atoms with Crippen LogP contribution in [0.3, 0.4) is 0 Å². The van der Waals surface area contributed by atoms with E-state index in [0.717, 1.165) is 18.8 Å². The molecule has 3 rings (SSSR count). The van der Waals surface area contributed by atoms with Crippen LogP contribution in [-0.2, 0) is 5.66 Å². The molecule has 2 aliphatic heterocycles. The minimum Gasteiger partial charge on any atom is -0.491 e. The monoisotopic (exact) mass is 360 g/mol. The first-order valence-corrected chi connectivity index (χ1v) is 9.04. The number of ether oxygens (including phenoxy) is 2. The van der Waals surface area contributed by atoms with E-state index in [-0.39, 0.29) is 0 Å². The lowest BCUT2D eigenvalue weighted by atomic mass is 10.1. The molecule has 1 atom stereocenters. The lowest BCUT2D eigenvalue weighted by Gasteiger charge is -2.26. The van der Waals surface area contributed by atoms with Crippen LogP contribution in [0.1, 0.15) is 25.0 Å². The molecule has 0 aliphatic carbocycles. The average Bonchev–Trinajstić information content (AvgIpc) is 3.18. The van der Waals surface area contributed by atoms with Crippen molar-refractivity contribution in [2.24, 2.45) is 10.7 Å². The Morgan fingerprint density at radius 3 is 2.88 bits per heavy atom. The van der Waals surface area contributed by atoms with E-state index in [0.29, 0.717) is 23.8 Å². The lowest BCUT2D eigenvalue weighted by molar-refractivity contribution is 0.253. The zero-order valence-electron chi connectivity index (χ0n) is 15.5. The number of hydrogen-bond acceptors (Lipinski definition) is 8. The van der Waals surface area contributed by atoms with Crippen LogP contribution in [0.15, 0.2) is 29.2 Å². The van der Waals surface area contributed by atoms with Gasteiger partial charge in [-0.3, -0.25) is 10.7 Å². The Kier molecular flexibility index (Phi) is 5.95. The smallest absolute Gasteiger partial charge is 0.179 e. The summed E-state index contributed by atoms with van der Waals surface area (Å²) in [5.74, 6) is 2.00. The minimum atomic E-state index is -1.05. The first-order chi connectivity index (χ1) is 12.6. The van der Waals surface area contributed by atoms with Crippen molar-refractivity contribution in [2.75, 3.05) is 40.4 Å². The number of aromatic nitrogens is 1. The molecule has 0 saturated carbocycles. The normalized spacial score (nSPS) is 22.7. The number of hydrogen-bond donors (Lipinski definition) is 3. The fraction of sp³-hybridized carbons (Fsp3) is 0.556. The van der Waals surface area contributed by atoms with Crippen molar-refractivity contribution in [1.29, 1.82) is 0 Å². The molecule has 3 heterocycles. The van der Waals surface area contributed by atoms with E-state index in [9.17, 15) is 0 Å². The highest BCUT2D eigenvalue weighted by Gasteiger charge is 2.29. The van der Waals surface area contributed by atoms with Crippen molar-refractivity contribution in [3.05, 3.63) is 29.9 Å². The maximum absolute atomic E-state index is 6.42. The summed E-state index contributed by atoms with van der Waals surface area (Å²) < 4.78 is 11.3. The van der Waals surface area contributed by atoms with Crippen LogP contribution >= 0.6 is 0 Å². The molecule has 4 N–H and O–H groups in total. The summed E-state index contributed by atoms with van der Waals surface area (Å²) in [7, 11) is 3.42. The standard InChI is InChI=1S/C18H28N6O2/c1-20-17-11-18(19,23-13-22-17)16-10-14(15(25-2)12-21-16)26-9-5-8-24-6-3-4-7-24/h10-13,20H,3-9,19H2,1-2H3,(H,22,23). The topological polar surface area (TPSA) is 97.0 Å². The van der Waals surface area contributed by atoms with Gasteiger partial charge in [0.1, 0.15) is 5.82 Å². The largest absolute Gasteiger partial charge is 0.491 e. The van der Waals surface area contributed by atoms with Gasteiger partial charge in [0.25, 0.3) is 0 Å². The molecular formula is C18H28N6O2. The maximum Gasteiger partial charge on any atom is 0.179 e. The highest BCUT2D eigenvalue weighted by molar-refractivity contribution is 5.61. The number of rotatable bonds is 8. The second-order valence-electron chi connectivity index (χ2n) is 6.51. The van der Waals surface area contributed by atoms with Crippen molar-refractivity contribution in [3.8, 4) is 11.5 Å². The molecule has 0 amide bonds. The summed E-state index contributed by atoms with van der Waals surface area (Å²) in [6.07, 6.45) is 8.56. The third-order valence-corrected chi connectivity index (χ3v) is 4.67. The summed E-state index contributed by atoms with van der Waals surface area (Å²) >= 11 is 0. The fourth-order valence-corrected chi connectivity index (χ4v) is 3.18. The van der Waals surface area contributed by atoms with Gasteiger partial charge in [-0.15, -0.1) is 0 Å². The maximum atomic E-state index is 6.42. The third-order valence-electron chi connectivity index (χ3n) is 4.67. The molecule has 0 aromatic carbocycles. The second-order valence-corrected chi connectivity index (χ2v) is 6.51. The van der Waals surface area contributed by atoms with E-state index >= 15 is 0 Å². The summed E-state index contributed by atoms with van der Waals surface area (Å²) in [6, 6.07) is 1.81. The van der Waals surface area contributed by atoms with Gasteiger partial charge < -0.3 is 25.0 Å². The molecule has 0 radical (unpaired) electrons. The SMILES string of the molecule is CNC1=CC(N)(c2cc(OCCCN3CCCC3)c(OC)cn2)N=CN1. The second kappa shape index (κ2) is 8.37. The van der Waals surface area contributed by atoms with Crippen molar-refractivity contribution in [1.82, 2.24) is 20.5 Å². The molecule has 26 heavy (non-hydrogen) atoms. The zero-order valence-corrected chi connectivity index (χ0v) is 15.5. The number of nitrogens with one attached hydrogen (secondary N) is 2. The predicted molar refractivity (Wildman–Crippen MR) is 101 cm³/mol. The summed E-state index contributed by atoms with van der Waals surface area (Å²) in [5, 5.41) is 6.01. The number of pyridine rings is 1. The van der Waals surface area contributed by atoms with Crippen LogP contribution in [0.25, 0.3) is 0 Å². The van der Waals surface area contributed by atoms with Gasteiger partial charge in [0.15, 0.2) is 17.2 Å². The van der Waals surface area contributed by atoms with Gasteiger partial charge in [0.05, 0.1) is 31.9 Å². The Morgan fingerprint density at radius 1 is 1.35 bits per heavy atom. The molecule has 1 aromatic rings. The molecule has 1 saturated heterocycles. The molecule has 1 unspecified atom stereocenters. The van der Waals surface area contributed by atoms with Crippen LogP contribution in [0.5, 0.6) is 11.5 Å². The van der Waals surface area contributed by atoms with Gasteiger partial charge in [-0.25, -0.2) is 4.99 Å². The Hall–Kier alpha value is -2.32. The van der Waals surface area contributed by atoms with Gasteiger partial charge in [0, 0.05) is 25.7 Å². The molecule has 0 spiro atoms. The first kappa shape index (κ1) is 18.5. The van der Waals surface area contributed by atoms with Gasteiger partial charge in [0.2, 0.25) is 0 Å². The third kappa shape index (κ3) is 4.25. The average molecular weight is 360 g/mol.